The van der Waals surface area contributed by atoms with Gasteiger partial charge in [-0.2, -0.15) is 0 Å². The highest BCUT2D eigenvalue weighted by molar-refractivity contribution is 5.91. The number of hydrogen-bond donors (Lipinski definition) is 1. The van der Waals surface area contributed by atoms with E-state index in [9.17, 15) is 14.0 Å². The van der Waals surface area contributed by atoms with E-state index in [1.54, 1.807) is 11.0 Å². The Labute approximate surface area is 148 Å². The van der Waals surface area contributed by atoms with Gasteiger partial charge in [-0.05, 0) is 64.2 Å². The van der Waals surface area contributed by atoms with Crippen LogP contribution in [0.15, 0.2) is 18.2 Å². The van der Waals surface area contributed by atoms with E-state index >= 15 is 0 Å². The topological polar surface area (TPSA) is 58.6 Å². The summed E-state index contributed by atoms with van der Waals surface area (Å²) in [6.45, 7) is 8.54. The second-order valence-electron chi connectivity index (χ2n) is 7.62. The van der Waals surface area contributed by atoms with Gasteiger partial charge < -0.3 is 15.0 Å². The Morgan fingerprint density at radius 1 is 1.28 bits per heavy atom. The Kier molecular flexibility index (Phi) is 6.03. The molecule has 0 spiro atoms. The number of piperidine rings is 1. The van der Waals surface area contributed by atoms with E-state index in [2.05, 4.69) is 5.32 Å². The number of carbonyl (C=O) groups excluding carboxylic acids is 2. The smallest absolute Gasteiger partial charge is 0.410 e. The monoisotopic (exact) mass is 350 g/mol. The summed E-state index contributed by atoms with van der Waals surface area (Å²) in [5.41, 5.74) is 0.835. The van der Waals surface area contributed by atoms with Gasteiger partial charge in [0.2, 0.25) is 5.91 Å². The van der Waals surface area contributed by atoms with Crippen LogP contribution in [0.25, 0.3) is 0 Å². The molecular weight excluding hydrogens is 323 g/mol. The van der Waals surface area contributed by atoms with Gasteiger partial charge in [0.05, 0.1) is 0 Å². The second-order valence-corrected chi connectivity index (χ2v) is 7.62. The average molecular weight is 350 g/mol. The maximum absolute atomic E-state index is 13.3. The first kappa shape index (κ1) is 19.2. The molecule has 1 heterocycles. The summed E-state index contributed by atoms with van der Waals surface area (Å²) >= 11 is 0. The number of amides is 2. The lowest BCUT2D eigenvalue weighted by Gasteiger charge is -2.33. The molecule has 1 aliphatic rings. The minimum absolute atomic E-state index is 0.121. The van der Waals surface area contributed by atoms with Gasteiger partial charge >= 0.3 is 6.09 Å². The summed E-state index contributed by atoms with van der Waals surface area (Å²) in [6, 6.07) is 4.35. The number of carbonyl (C=O) groups is 2. The number of anilines is 1. The highest BCUT2D eigenvalue weighted by Gasteiger charge is 2.27. The van der Waals surface area contributed by atoms with E-state index < -0.39 is 5.60 Å². The molecule has 0 radical (unpaired) electrons. The Morgan fingerprint density at radius 2 is 1.92 bits per heavy atom. The van der Waals surface area contributed by atoms with Crippen LogP contribution in [0.5, 0.6) is 0 Å². The molecule has 25 heavy (non-hydrogen) atoms. The third-order valence-electron chi connectivity index (χ3n) is 4.21. The summed E-state index contributed by atoms with van der Waals surface area (Å²) in [5, 5.41) is 2.78. The Bertz CT molecular complexity index is 632. The van der Waals surface area contributed by atoms with Crippen molar-refractivity contribution in [1.29, 1.82) is 0 Å². The molecule has 1 fully saturated rings. The SMILES string of the molecule is Cc1ccc(F)cc1NC(=O)CC1CCN(C(=O)OC(C)(C)C)CC1. The number of benzene rings is 1. The predicted octanol–water partition coefficient (Wildman–Crippen LogP) is 4.11. The van der Waals surface area contributed by atoms with Crippen LogP contribution in [0.1, 0.15) is 45.6 Å². The van der Waals surface area contributed by atoms with Crippen LogP contribution in [0.2, 0.25) is 0 Å². The van der Waals surface area contributed by atoms with E-state index in [0.29, 0.717) is 25.2 Å². The van der Waals surface area contributed by atoms with E-state index in [4.69, 9.17) is 4.74 Å². The van der Waals surface area contributed by atoms with Gasteiger partial charge in [-0.1, -0.05) is 6.07 Å². The molecule has 0 saturated carbocycles. The first-order valence-corrected chi connectivity index (χ1v) is 8.68. The van der Waals surface area contributed by atoms with Gasteiger partial charge in [0.25, 0.3) is 0 Å². The molecule has 1 aliphatic heterocycles. The van der Waals surface area contributed by atoms with Gasteiger partial charge in [0.1, 0.15) is 11.4 Å². The summed E-state index contributed by atoms with van der Waals surface area (Å²) in [4.78, 5) is 25.9. The van der Waals surface area contributed by atoms with E-state index in [-0.39, 0.29) is 23.7 Å². The number of nitrogens with zero attached hydrogens (tertiary/aromatic N) is 1. The van der Waals surface area contributed by atoms with Crippen LogP contribution < -0.4 is 5.32 Å². The van der Waals surface area contributed by atoms with Crippen LogP contribution in [0.3, 0.4) is 0 Å². The van der Waals surface area contributed by atoms with Crippen molar-refractivity contribution < 1.29 is 18.7 Å². The zero-order chi connectivity index (χ0) is 18.6. The summed E-state index contributed by atoms with van der Waals surface area (Å²) in [7, 11) is 0. The van der Waals surface area contributed by atoms with Crippen molar-refractivity contribution in [2.24, 2.45) is 5.92 Å². The van der Waals surface area contributed by atoms with Crippen molar-refractivity contribution in [3.63, 3.8) is 0 Å². The molecule has 5 nitrogen and oxygen atoms in total. The second kappa shape index (κ2) is 7.85. The van der Waals surface area contributed by atoms with Crippen LogP contribution in [0, 0.1) is 18.7 Å². The van der Waals surface area contributed by atoms with Crippen molar-refractivity contribution in [2.45, 2.75) is 52.6 Å². The summed E-state index contributed by atoms with van der Waals surface area (Å²) < 4.78 is 18.7. The quantitative estimate of drug-likeness (QED) is 0.892. The Balaban J connectivity index is 1.80. The highest BCUT2D eigenvalue weighted by atomic mass is 19.1. The van der Waals surface area contributed by atoms with Gasteiger partial charge in [0, 0.05) is 25.2 Å². The standard InChI is InChI=1S/C19H27FN2O3/c1-13-5-6-15(20)12-16(13)21-17(23)11-14-7-9-22(10-8-14)18(24)25-19(2,3)4/h5-6,12,14H,7-11H2,1-4H3,(H,21,23). The van der Waals surface area contributed by atoms with Crippen molar-refractivity contribution in [2.75, 3.05) is 18.4 Å². The molecule has 1 aromatic rings. The zero-order valence-electron chi connectivity index (χ0n) is 15.4. The summed E-state index contributed by atoms with van der Waals surface area (Å²) in [6.07, 6.45) is 1.59. The molecule has 1 aromatic carbocycles. The fourth-order valence-electron chi connectivity index (χ4n) is 2.84. The minimum atomic E-state index is -0.503. The molecule has 2 amide bonds. The number of aryl methyl sites for hydroxylation is 1. The first-order valence-electron chi connectivity index (χ1n) is 8.68. The van der Waals surface area contributed by atoms with Gasteiger partial charge in [-0.15, -0.1) is 0 Å². The molecule has 138 valence electrons. The number of nitrogens with one attached hydrogen (secondary N) is 1. The van der Waals surface area contributed by atoms with Crippen molar-refractivity contribution in [1.82, 2.24) is 4.90 Å². The number of ether oxygens (including phenoxy) is 1. The molecule has 0 bridgehead atoms. The predicted molar refractivity (Wildman–Crippen MR) is 94.9 cm³/mol. The Hall–Kier alpha value is -2.11. The summed E-state index contributed by atoms with van der Waals surface area (Å²) in [5.74, 6) is -0.275. The number of likely N-dealkylation sites (tertiary alicyclic amines) is 1. The maximum atomic E-state index is 13.3. The third kappa shape index (κ3) is 6.03. The molecule has 0 unspecified atom stereocenters. The molecule has 0 aliphatic carbocycles. The third-order valence-corrected chi connectivity index (χ3v) is 4.21. The largest absolute Gasteiger partial charge is 0.444 e. The fourth-order valence-corrected chi connectivity index (χ4v) is 2.84. The molecule has 0 aromatic heterocycles. The van der Waals surface area contributed by atoms with Crippen LogP contribution in [-0.4, -0.2) is 35.6 Å². The number of halogens is 1. The molecule has 1 N–H and O–H groups in total. The van der Waals surface area contributed by atoms with E-state index in [1.807, 2.05) is 27.7 Å². The van der Waals surface area contributed by atoms with Gasteiger partial charge in [-0.25, -0.2) is 9.18 Å². The average Bonchev–Trinajstić information content (AvgIpc) is 2.50. The first-order chi connectivity index (χ1) is 11.6. The molecule has 2 rings (SSSR count). The van der Waals surface area contributed by atoms with Crippen molar-refractivity contribution in [3.05, 3.63) is 29.6 Å². The highest BCUT2D eigenvalue weighted by Crippen LogP contribution is 2.23. The van der Waals surface area contributed by atoms with Crippen LogP contribution in [-0.2, 0) is 9.53 Å². The van der Waals surface area contributed by atoms with Crippen molar-refractivity contribution >= 4 is 17.7 Å². The normalized spacial score (nSPS) is 15.8. The zero-order valence-corrected chi connectivity index (χ0v) is 15.4. The maximum Gasteiger partial charge on any atom is 0.410 e. The van der Waals surface area contributed by atoms with Gasteiger partial charge in [-0.3, -0.25) is 4.79 Å². The lowest BCUT2D eigenvalue weighted by molar-refractivity contribution is -0.117. The molecular formula is C19H27FN2O3. The lowest BCUT2D eigenvalue weighted by atomic mass is 9.93. The number of hydrogen-bond acceptors (Lipinski definition) is 3. The molecule has 6 heteroatoms. The van der Waals surface area contributed by atoms with E-state index in [0.717, 1.165) is 18.4 Å². The number of rotatable bonds is 3. The lowest BCUT2D eigenvalue weighted by Crippen LogP contribution is -2.42. The van der Waals surface area contributed by atoms with E-state index in [1.165, 1.54) is 12.1 Å². The van der Waals surface area contributed by atoms with Crippen LogP contribution in [0.4, 0.5) is 14.9 Å². The molecule has 0 atom stereocenters. The fraction of sp³-hybridized carbons (Fsp3) is 0.579. The van der Waals surface area contributed by atoms with Crippen LogP contribution >= 0.6 is 0 Å². The van der Waals surface area contributed by atoms with Crippen molar-refractivity contribution in [3.8, 4) is 0 Å². The minimum Gasteiger partial charge on any atom is -0.444 e. The molecule has 1 saturated heterocycles. The Morgan fingerprint density at radius 3 is 2.52 bits per heavy atom. The van der Waals surface area contributed by atoms with Gasteiger partial charge in [0.15, 0.2) is 0 Å².